The highest BCUT2D eigenvalue weighted by Crippen LogP contribution is 2.36. The van der Waals surface area contributed by atoms with E-state index in [2.05, 4.69) is 27.6 Å². The Bertz CT molecular complexity index is 1130. The van der Waals surface area contributed by atoms with Crippen LogP contribution in [0.1, 0.15) is 38.3 Å². The summed E-state index contributed by atoms with van der Waals surface area (Å²) in [5, 5.41) is 11.1. The molecule has 0 saturated carbocycles. The van der Waals surface area contributed by atoms with Crippen LogP contribution in [-0.4, -0.2) is 29.5 Å². The molecule has 0 N–H and O–H groups in total. The minimum absolute atomic E-state index is 0.0165. The number of halogens is 2. The number of rotatable bonds is 8. The van der Waals surface area contributed by atoms with Gasteiger partial charge in [0.05, 0.1) is 21.2 Å². The average Bonchev–Trinajstić information content (AvgIpc) is 3.10. The van der Waals surface area contributed by atoms with Crippen LogP contribution in [0, 0.1) is 13.7 Å². The van der Waals surface area contributed by atoms with E-state index >= 15 is 0 Å². The molecule has 0 fully saturated rings. The van der Waals surface area contributed by atoms with Crippen LogP contribution in [0.4, 0.5) is 5.69 Å². The molecule has 168 valence electrons. The number of nitrogens with zero attached hydrogens (tertiary/aromatic N) is 2. The standard InChI is InChI=1S/C22H20ClIN2O6/c1-4-12(3)31-20-16(24)8-13(10-19(20)30-5-2)9-17-22(27)32-21(25-17)14-6-7-15(23)18(11-14)26(28)29/h6-12H,4-5H2,1-3H3/b17-9-. The number of esters is 1. The highest BCUT2D eigenvalue weighted by Gasteiger charge is 2.26. The third kappa shape index (κ3) is 5.39. The van der Waals surface area contributed by atoms with Gasteiger partial charge < -0.3 is 14.2 Å². The van der Waals surface area contributed by atoms with Crippen molar-refractivity contribution in [3.8, 4) is 11.5 Å². The quantitative estimate of drug-likeness (QED) is 0.131. The van der Waals surface area contributed by atoms with E-state index < -0.39 is 10.9 Å². The monoisotopic (exact) mass is 570 g/mol. The molecule has 1 aliphatic rings. The van der Waals surface area contributed by atoms with Crippen LogP contribution in [-0.2, 0) is 9.53 Å². The normalized spacial score (nSPS) is 15.3. The van der Waals surface area contributed by atoms with Crippen LogP contribution in [0.25, 0.3) is 6.08 Å². The van der Waals surface area contributed by atoms with Crippen molar-refractivity contribution in [2.24, 2.45) is 4.99 Å². The summed E-state index contributed by atoms with van der Waals surface area (Å²) in [7, 11) is 0. The number of carbonyl (C=O) groups excluding carboxylic acids is 1. The summed E-state index contributed by atoms with van der Waals surface area (Å²) in [5.41, 5.74) is 0.715. The van der Waals surface area contributed by atoms with Crippen LogP contribution in [0.2, 0.25) is 5.02 Å². The molecule has 1 aliphatic heterocycles. The van der Waals surface area contributed by atoms with Gasteiger partial charge in [0.1, 0.15) is 5.02 Å². The van der Waals surface area contributed by atoms with Crippen molar-refractivity contribution in [1.82, 2.24) is 0 Å². The molecule has 8 nitrogen and oxygen atoms in total. The minimum atomic E-state index is -0.662. The number of benzene rings is 2. The van der Waals surface area contributed by atoms with E-state index in [1.807, 2.05) is 26.8 Å². The Labute approximate surface area is 203 Å². The van der Waals surface area contributed by atoms with E-state index in [-0.39, 0.29) is 34.0 Å². The summed E-state index contributed by atoms with van der Waals surface area (Å²) in [5.74, 6) is 0.522. The molecule has 3 rings (SSSR count). The fraction of sp³-hybridized carbons (Fsp3) is 0.273. The van der Waals surface area contributed by atoms with Crippen molar-refractivity contribution in [3.63, 3.8) is 0 Å². The second-order valence-electron chi connectivity index (χ2n) is 6.86. The molecule has 0 spiro atoms. The van der Waals surface area contributed by atoms with E-state index in [1.165, 1.54) is 18.2 Å². The number of nitro benzene ring substituents is 1. The van der Waals surface area contributed by atoms with Gasteiger partial charge in [0.25, 0.3) is 5.69 Å². The molecule has 1 unspecified atom stereocenters. The molecular formula is C22H20ClIN2O6. The maximum atomic E-state index is 12.4. The molecule has 2 aromatic rings. The lowest BCUT2D eigenvalue weighted by Gasteiger charge is -2.18. The second-order valence-corrected chi connectivity index (χ2v) is 8.43. The number of hydrogen-bond donors (Lipinski definition) is 0. The lowest BCUT2D eigenvalue weighted by atomic mass is 10.1. The Hall–Kier alpha value is -2.66. The number of aliphatic imine (C=N–C) groups is 1. The number of ether oxygens (including phenoxy) is 3. The molecule has 0 amide bonds. The summed E-state index contributed by atoms with van der Waals surface area (Å²) in [4.78, 5) is 27.1. The first-order chi connectivity index (χ1) is 15.2. The van der Waals surface area contributed by atoms with Crippen molar-refractivity contribution in [2.75, 3.05) is 6.61 Å². The van der Waals surface area contributed by atoms with Crippen molar-refractivity contribution >= 4 is 57.8 Å². The Morgan fingerprint density at radius 3 is 2.72 bits per heavy atom. The van der Waals surface area contributed by atoms with Crippen molar-refractivity contribution in [3.05, 3.63) is 65.9 Å². The minimum Gasteiger partial charge on any atom is -0.490 e. The third-order valence-electron chi connectivity index (χ3n) is 4.54. The zero-order chi connectivity index (χ0) is 23.4. The summed E-state index contributed by atoms with van der Waals surface area (Å²) >= 11 is 8.00. The van der Waals surface area contributed by atoms with E-state index in [9.17, 15) is 14.9 Å². The Kier molecular flexibility index (Phi) is 7.73. The van der Waals surface area contributed by atoms with Crippen LogP contribution in [0.5, 0.6) is 11.5 Å². The average molecular weight is 571 g/mol. The molecule has 32 heavy (non-hydrogen) atoms. The molecular weight excluding hydrogens is 551 g/mol. The van der Waals surface area contributed by atoms with E-state index in [0.717, 1.165) is 9.99 Å². The molecule has 2 aromatic carbocycles. The smallest absolute Gasteiger partial charge is 0.363 e. The second kappa shape index (κ2) is 10.3. The highest BCUT2D eigenvalue weighted by atomic mass is 127. The van der Waals surface area contributed by atoms with E-state index in [0.29, 0.717) is 23.7 Å². The summed E-state index contributed by atoms with van der Waals surface area (Å²) in [6, 6.07) is 7.70. The molecule has 1 heterocycles. The Balaban J connectivity index is 1.97. The van der Waals surface area contributed by atoms with Crippen LogP contribution < -0.4 is 9.47 Å². The molecule has 10 heteroatoms. The molecule has 0 aromatic heterocycles. The van der Waals surface area contributed by atoms with E-state index in [4.69, 9.17) is 25.8 Å². The number of nitro groups is 1. The van der Waals surface area contributed by atoms with Crippen LogP contribution >= 0.6 is 34.2 Å². The largest absolute Gasteiger partial charge is 0.490 e. The summed E-state index contributed by atoms with van der Waals surface area (Å²) < 4.78 is 17.8. The fourth-order valence-electron chi connectivity index (χ4n) is 2.81. The molecule has 0 bridgehead atoms. The van der Waals surface area contributed by atoms with Crippen LogP contribution in [0.15, 0.2) is 41.0 Å². The van der Waals surface area contributed by atoms with Gasteiger partial charge in [0.15, 0.2) is 17.2 Å². The molecule has 0 aliphatic carbocycles. The highest BCUT2D eigenvalue weighted by molar-refractivity contribution is 14.1. The number of carbonyl (C=O) groups is 1. The van der Waals surface area contributed by atoms with Gasteiger partial charge in [-0.25, -0.2) is 9.79 Å². The van der Waals surface area contributed by atoms with Gasteiger partial charge in [-0.1, -0.05) is 18.5 Å². The maximum absolute atomic E-state index is 12.4. The number of cyclic esters (lactones) is 1. The summed E-state index contributed by atoms with van der Waals surface area (Å²) in [6.45, 7) is 6.34. The zero-order valence-electron chi connectivity index (χ0n) is 17.6. The summed E-state index contributed by atoms with van der Waals surface area (Å²) in [6.07, 6.45) is 2.43. The Morgan fingerprint density at radius 2 is 2.06 bits per heavy atom. The van der Waals surface area contributed by atoms with Crippen molar-refractivity contribution in [2.45, 2.75) is 33.3 Å². The first-order valence-electron chi connectivity index (χ1n) is 9.83. The van der Waals surface area contributed by atoms with Crippen molar-refractivity contribution in [1.29, 1.82) is 0 Å². The van der Waals surface area contributed by atoms with Crippen molar-refractivity contribution < 1.29 is 23.9 Å². The first kappa shape index (κ1) is 24.0. The SMILES string of the molecule is CCOc1cc(/C=C2\N=C(c3ccc(Cl)c([N+](=O)[O-])c3)OC2=O)cc(I)c1OC(C)CC. The predicted molar refractivity (Wildman–Crippen MR) is 129 cm³/mol. The first-order valence-corrected chi connectivity index (χ1v) is 11.3. The lowest BCUT2D eigenvalue weighted by molar-refractivity contribution is -0.384. The van der Waals surface area contributed by atoms with E-state index in [1.54, 1.807) is 12.1 Å². The molecule has 1 atom stereocenters. The fourth-order valence-corrected chi connectivity index (χ4v) is 3.75. The Morgan fingerprint density at radius 1 is 1.31 bits per heavy atom. The zero-order valence-corrected chi connectivity index (χ0v) is 20.5. The molecule has 0 radical (unpaired) electrons. The topological polar surface area (TPSA) is 100 Å². The van der Waals surface area contributed by atoms with Gasteiger partial charge in [-0.15, -0.1) is 0 Å². The lowest BCUT2D eigenvalue weighted by Crippen LogP contribution is -2.12. The van der Waals surface area contributed by atoms with Crippen LogP contribution in [0.3, 0.4) is 0 Å². The van der Waals surface area contributed by atoms with Gasteiger partial charge >= 0.3 is 5.97 Å². The van der Waals surface area contributed by atoms with Gasteiger partial charge in [-0.05, 0) is 78.8 Å². The predicted octanol–water partition coefficient (Wildman–Crippen LogP) is 5.77. The van der Waals surface area contributed by atoms with Gasteiger partial charge in [0.2, 0.25) is 5.90 Å². The maximum Gasteiger partial charge on any atom is 0.363 e. The van der Waals surface area contributed by atoms with Gasteiger partial charge in [-0.2, -0.15) is 0 Å². The van der Waals surface area contributed by atoms with Gasteiger partial charge in [-0.3, -0.25) is 10.1 Å². The van der Waals surface area contributed by atoms with Gasteiger partial charge in [0, 0.05) is 11.6 Å². The third-order valence-corrected chi connectivity index (χ3v) is 5.66. The number of hydrogen-bond acceptors (Lipinski definition) is 7. The molecule has 0 saturated heterocycles.